The van der Waals surface area contributed by atoms with Crippen LogP contribution in [0.3, 0.4) is 0 Å². The van der Waals surface area contributed by atoms with E-state index >= 15 is 0 Å². The van der Waals surface area contributed by atoms with Crippen LogP contribution in [0.25, 0.3) is 0 Å². The highest BCUT2D eigenvalue weighted by Crippen LogP contribution is 2.47. The number of allylic oxidation sites excluding steroid dienone is 2. The molecule has 21 heavy (non-hydrogen) atoms. The molecule has 5 unspecified atom stereocenters. The topological polar surface area (TPSA) is 23.8 Å². The van der Waals surface area contributed by atoms with Gasteiger partial charge < -0.3 is 0 Å². The molecule has 2 fully saturated rings. The molecular formula is C20H25N. The van der Waals surface area contributed by atoms with Gasteiger partial charge in [-0.2, -0.15) is 5.26 Å². The van der Waals surface area contributed by atoms with Gasteiger partial charge in [0, 0.05) is 4.11 Å². The van der Waals surface area contributed by atoms with E-state index in [0.29, 0.717) is 23.8 Å². The first-order chi connectivity index (χ1) is 11.5. The fourth-order valence-electron chi connectivity index (χ4n) is 3.85. The molecule has 1 nitrogen and oxygen atoms in total. The van der Waals surface area contributed by atoms with Gasteiger partial charge in [-0.05, 0) is 86.7 Å². The number of rotatable bonds is 2. The van der Waals surface area contributed by atoms with Crippen molar-refractivity contribution in [2.24, 2.45) is 17.8 Å². The predicted octanol–water partition coefficient (Wildman–Crippen LogP) is 5.43. The zero-order valence-electron chi connectivity index (χ0n) is 15.6. The fourth-order valence-corrected chi connectivity index (χ4v) is 3.85. The minimum absolute atomic E-state index is 0.288. The molecule has 5 atom stereocenters. The lowest BCUT2D eigenvalue weighted by Crippen LogP contribution is -2.30. The summed E-state index contributed by atoms with van der Waals surface area (Å²) >= 11 is 0. The highest BCUT2D eigenvalue weighted by atomic mass is 14.4. The summed E-state index contributed by atoms with van der Waals surface area (Å²) in [5, 5.41) is 8.95. The van der Waals surface area contributed by atoms with E-state index in [1.807, 2.05) is 19.1 Å². The summed E-state index contributed by atoms with van der Waals surface area (Å²) in [6, 6.07) is 9.27. The van der Waals surface area contributed by atoms with Crippen LogP contribution in [0.1, 0.15) is 66.5 Å². The van der Waals surface area contributed by atoms with Crippen molar-refractivity contribution in [2.75, 3.05) is 0 Å². The lowest BCUT2D eigenvalue weighted by Gasteiger charge is -2.41. The molecule has 2 saturated carbocycles. The van der Waals surface area contributed by atoms with Gasteiger partial charge in [-0.25, -0.2) is 0 Å². The zero-order chi connectivity index (χ0) is 17.3. The summed E-state index contributed by atoms with van der Waals surface area (Å²) < 4.78 is 26.0. The maximum absolute atomic E-state index is 8.95. The number of benzene rings is 1. The summed E-state index contributed by atoms with van der Waals surface area (Å²) in [7, 11) is 0. The van der Waals surface area contributed by atoms with E-state index in [1.165, 1.54) is 0 Å². The first-order valence-corrected chi connectivity index (χ1v) is 8.01. The van der Waals surface area contributed by atoms with Crippen molar-refractivity contribution in [1.82, 2.24) is 0 Å². The van der Waals surface area contributed by atoms with Crippen molar-refractivity contribution in [3.63, 3.8) is 0 Å². The Morgan fingerprint density at radius 3 is 2.71 bits per heavy atom. The normalized spacial score (nSPS) is 40.6. The van der Waals surface area contributed by atoms with Crippen LogP contribution in [-0.4, -0.2) is 0 Å². The minimum Gasteiger partial charge on any atom is -0.192 e. The Morgan fingerprint density at radius 1 is 1.19 bits per heavy atom. The van der Waals surface area contributed by atoms with Gasteiger partial charge in [0.05, 0.1) is 11.6 Å². The Hall–Kier alpha value is -1.55. The van der Waals surface area contributed by atoms with Crippen molar-refractivity contribution < 1.29 is 4.11 Å². The van der Waals surface area contributed by atoms with Gasteiger partial charge in [0.15, 0.2) is 0 Å². The van der Waals surface area contributed by atoms with E-state index in [1.54, 1.807) is 12.1 Å². The van der Waals surface area contributed by atoms with Crippen LogP contribution in [0.15, 0.2) is 36.4 Å². The van der Waals surface area contributed by atoms with Crippen LogP contribution in [0, 0.1) is 29.1 Å². The van der Waals surface area contributed by atoms with Gasteiger partial charge in [0.1, 0.15) is 0 Å². The van der Waals surface area contributed by atoms with Crippen LogP contribution >= 0.6 is 0 Å². The largest absolute Gasteiger partial charge is 0.192 e. The van der Waals surface area contributed by atoms with E-state index in [9.17, 15) is 0 Å². The lowest BCUT2D eigenvalue weighted by atomic mass is 9.64. The maximum Gasteiger partial charge on any atom is 0.0991 e. The first kappa shape index (κ1) is 11.1. The van der Waals surface area contributed by atoms with Gasteiger partial charge in [-0.1, -0.05) is 24.3 Å². The number of fused-ring (bicyclic) bond motifs is 1. The third kappa shape index (κ3) is 3.21. The van der Waals surface area contributed by atoms with Crippen LogP contribution in [0.4, 0.5) is 0 Å². The van der Waals surface area contributed by atoms with Crippen molar-refractivity contribution >= 4 is 0 Å². The van der Waals surface area contributed by atoms with Crippen molar-refractivity contribution in [3.8, 4) is 6.07 Å². The molecule has 1 aromatic rings. The Kier molecular flexibility index (Phi) is 3.42. The highest BCUT2D eigenvalue weighted by Gasteiger charge is 2.35. The lowest BCUT2D eigenvalue weighted by molar-refractivity contribution is 0.133. The molecule has 2 aliphatic carbocycles. The molecule has 1 aromatic carbocycles. The molecule has 1 heteroatoms. The van der Waals surface area contributed by atoms with Gasteiger partial charge in [-0.3, -0.25) is 0 Å². The molecule has 2 aliphatic rings. The molecule has 0 N–H and O–H groups in total. The maximum atomic E-state index is 8.95. The molecule has 3 rings (SSSR count). The molecule has 0 aromatic heterocycles. The van der Waals surface area contributed by atoms with E-state index in [4.69, 9.17) is 9.37 Å². The molecule has 0 bridgehead atoms. The smallest absolute Gasteiger partial charge is 0.0991 e. The molecule has 110 valence electrons. The number of nitrogens with zero attached hydrogens (tertiary/aromatic N) is 1. The van der Waals surface area contributed by atoms with Crippen LogP contribution in [-0.2, 0) is 0 Å². The fraction of sp³-hybridized carbons (Fsp3) is 0.550. The van der Waals surface area contributed by atoms with E-state index < -0.39 is 18.7 Å². The molecule has 0 heterocycles. The minimum atomic E-state index is -1.36. The summed E-state index contributed by atoms with van der Waals surface area (Å²) in [5.41, 5.74) is 1.45. The highest BCUT2D eigenvalue weighted by molar-refractivity contribution is 5.33. The Morgan fingerprint density at radius 2 is 2.00 bits per heavy atom. The average Bonchev–Trinajstić information content (AvgIpc) is 2.54. The number of hydrogen-bond acceptors (Lipinski definition) is 1. The second kappa shape index (κ2) is 6.48. The zero-order valence-corrected chi connectivity index (χ0v) is 12.6. The third-order valence-corrected chi connectivity index (χ3v) is 4.98. The predicted molar refractivity (Wildman–Crippen MR) is 86.9 cm³/mol. The Bertz CT molecular complexity index is 644. The van der Waals surface area contributed by atoms with Crippen LogP contribution < -0.4 is 0 Å². The number of hydrogen-bond donors (Lipinski definition) is 0. The van der Waals surface area contributed by atoms with Crippen molar-refractivity contribution in [3.05, 3.63) is 47.5 Å². The quantitative estimate of drug-likeness (QED) is 0.663. The van der Waals surface area contributed by atoms with Crippen LogP contribution in [0.5, 0.6) is 0 Å². The summed E-state index contributed by atoms with van der Waals surface area (Å²) in [6.45, 7) is 2.04. The van der Waals surface area contributed by atoms with E-state index in [2.05, 4.69) is 18.2 Å². The second-order valence-corrected chi connectivity index (χ2v) is 6.34. The molecule has 0 aliphatic heterocycles. The Labute approximate surface area is 132 Å². The van der Waals surface area contributed by atoms with Gasteiger partial charge >= 0.3 is 0 Å². The SMILES string of the molecule is [2H]C1C2CCC(/C=C/C)CC2CC([2H])([2H])C1c1ccc(C#N)cc1. The van der Waals surface area contributed by atoms with E-state index in [0.717, 1.165) is 24.8 Å². The summed E-state index contributed by atoms with van der Waals surface area (Å²) in [5.74, 6) is 0.749. The monoisotopic (exact) mass is 282 g/mol. The van der Waals surface area contributed by atoms with E-state index in [-0.39, 0.29) is 5.92 Å². The Balaban J connectivity index is 1.86. The molecule has 0 spiro atoms. The average molecular weight is 282 g/mol. The van der Waals surface area contributed by atoms with Gasteiger partial charge in [0.2, 0.25) is 0 Å². The standard InChI is InChI=1S/C20H25N/c1-2-3-15-4-9-20-13-19(11-10-18(20)12-15)17-7-5-16(14-21)6-8-17/h2-3,5-8,15,18-20H,4,9-13H2,1H3/b3-2+/i11D2,13D. The van der Waals surface area contributed by atoms with Gasteiger partial charge in [-0.15, -0.1) is 0 Å². The molecule has 0 radical (unpaired) electrons. The van der Waals surface area contributed by atoms with Crippen molar-refractivity contribution in [2.45, 2.75) is 51.3 Å². The van der Waals surface area contributed by atoms with Crippen molar-refractivity contribution in [1.29, 1.82) is 5.26 Å². The third-order valence-electron chi connectivity index (χ3n) is 4.98. The van der Waals surface area contributed by atoms with Gasteiger partial charge in [0.25, 0.3) is 0 Å². The number of nitriles is 1. The summed E-state index contributed by atoms with van der Waals surface area (Å²) in [4.78, 5) is 0. The second-order valence-electron chi connectivity index (χ2n) is 6.34. The molecule has 0 saturated heterocycles. The first-order valence-electron chi connectivity index (χ1n) is 9.59. The summed E-state index contributed by atoms with van der Waals surface area (Å²) in [6.07, 6.45) is 6.28. The molecular weight excluding hydrogens is 254 g/mol. The molecule has 0 amide bonds. The van der Waals surface area contributed by atoms with Crippen LogP contribution in [0.2, 0.25) is 0 Å².